The molecule has 194 valence electrons. The topological polar surface area (TPSA) is 81.7 Å². The lowest BCUT2D eigenvalue weighted by atomic mass is 9.58. The maximum atomic E-state index is 11.9. The molecule has 0 radical (unpaired) electrons. The fourth-order valence-corrected chi connectivity index (χ4v) is 6.46. The Kier molecular flexibility index (Phi) is 6.87. The number of hydrogen-bond donors (Lipinski definition) is 0. The zero-order chi connectivity index (χ0) is 24.8. The van der Waals surface area contributed by atoms with Gasteiger partial charge in [-0.15, -0.1) is 0 Å². The van der Waals surface area contributed by atoms with Crippen molar-refractivity contribution in [2.24, 2.45) is 23.7 Å². The Labute approximate surface area is 207 Å². The van der Waals surface area contributed by atoms with Crippen LogP contribution >= 0.6 is 0 Å². The van der Waals surface area contributed by atoms with Gasteiger partial charge in [-0.25, -0.2) is 14.6 Å². The number of hydrogen-bond acceptors (Lipinski definition) is 8. The highest BCUT2D eigenvalue weighted by molar-refractivity contribution is 5.74. The van der Waals surface area contributed by atoms with Gasteiger partial charge in [0.2, 0.25) is 5.79 Å². The number of carbonyl (C=O) groups excluding carboxylic acids is 1. The Morgan fingerprint density at radius 3 is 2.80 bits per heavy atom. The molecule has 1 spiro atoms. The number of benzene rings is 1. The van der Waals surface area contributed by atoms with Crippen LogP contribution in [0.2, 0.25) is 0 Å². The van der Waals surface area contributed by atoms with Crippen molar-refractivity contribution in [1.82, 2.24) is 0 Å². The van der Waals surface area contributed by atoms with E-state index in [1.54, 1.807) is 13.8 Å². The Morgan fingerprint density at radius 1 is 1.17 bits per heavy atom. The van der Waals surface area contributed by atoms with E-state index in [2.05, 4.69) is 13.8 Å². The fraction of sp³-hybridized carbons (Fsp3) is 0.741. The van der Waals surface area contributed by atoms with Crippen molar-refractivity contribution >= 4 is 5.97 Å². The molecule has 1 saturated carbocycles. The number of rotatable bonds is 7. The average Bonchev–Trinajstić information content (AvgIpc) is 3.06. The molecule has 0 N–H and O–H groups in total. The third-order valence-corrected chi connectivity index (χ3v) is 8.34. The van der Waals surface area contributed by atoms with E-state index in [4.69, 9.17) is 33.5 Å². The Hall–Kier alpha value is -1.71. The van der Waals surface area contributed by atoms with Gasteiger partial charge >= 0.3 is 5.97 Å². The summed E-state index contributed by atoms with van der Waals surface area (Å²) in [5.41, 5.74) is 0.337. The van der Waals surface area contributed by atoms with Crippen LogP contribution in [0.15, 0.2) is 24.3 Å². The SMILES string of the molecule is CCOC(=O)C(C)Oc1cccc(CO[C@@H]2O[C@@H]3O[C@]4(C)CCC5[C@H](C)CCC([C@H]2C)[C@]53OO4)c1. The van der Waals surface area contributed by atoms with Gasteiger partial charge in [0, 0.05) is 18.3 Å². The van der Waals surface area contributed by atoms with Crippen molar-refractivity contribution in [1.29, 1.82) is 0 Å². The van der Waals surface area contributed by atoms with E-state index in [0.29, 0.717) is 30.8 Å². The zero-order valence-corrected chi connectivity index (χ0v) is 21.4. The van der Waals surface area contributed by atoms with Crippen molar-refractivity contribution in [2.75, 3.05) is 6.61 Å². The summed E-state index contributed by atoms with van der Waals surface area (Å²) >= 11 is 0. The van der Waals surface area contributed by atoms with Crippen molar-refractivity contribution in [3.05, 3.63) is 29.8 Å². The second-order valence-electron chi connectivity index (χ2n) is 10.7. The summed E-state index contributed by atoms with van der Waals surface area (Å²) in [6, 6.07) is 7.56. The molecule has 1 aliphatic carbocycles. The van der Waals surface area contributed by atoms with Gasteiger partial charge in [0.1, 0.15) is 5.75 Å². The number of carbonyl (C=O) groups is 1. The van der Waals surface area contributed by atoms with Gasteiger partial charge in [0.15, 0.2) is 24.3 Å². The molecule has 4 heterocycles. The molecule has 5 aliphatic rings. The summed E-state index contributed by atoms with van der Waals surface area (Å²) < 4.78 is 30.0. The minimum atomic E-state index is -0.802. The normalized spacial score (nSPS) is 40.9. The molecular formula is C27H38O8. The summed E-state index contributed by atoms with van der Waals surface area (Å²) in [5, 5.41) is 0. The van der Waals surface area contributed by atoms with Gasteiger partial charge in [0.05, 0.1) is 13.2 Å². The molecule has 8 heteroatoms. The van der Waals surface area contributed by atoms with E-state index in [9.17, 15) is 4.79 Å². The number of fused-ring (bicyclic) bond motifs is 2. The zero-order valence-electron chi connectivity index (χ0n) is 21.4. The molecule has 1 aromatic rings. The molecule has 6 rings (SSSR count). The Bertz CT molecular complexity index is 922. The second-order valence-corrected chi connectivity index (χ2v) is 10.7. The van der Waals surface area contributed by atoms with E-state index >= 15 is 0 Å². The lowest BCUT2D eigenvalue weighted by Crippen LogP contribution is -2.70. The molecule has 5 fully saturated rings. The number of esters is 1. The minimum absolute atomic E-state index is 0.110. The van der Waals surface area contributed by atoms with Crippen molar-refractivity contribution in [2.45, 2.75) is 97.0 Å². The largest absolute Gasteiger partial charge is 0.479 e. The molecule has 4 saturated heterocycles. The first kappa shape index (κ1) is 25.0. The van der Waals surface area contributed by atoms with Gasteiger partial charge in [-0.3, -0.25) is 0 Å². The fourth-order valence-electron chi connectivity index (χ4n) is 6.46. The van der Waals surface area contributed by atoms with Gasteiger partial charge < -0.3 is 23.7 Å². The molecular weight excluding hydrogens is 452 g/mol. The third kappa shape index (κ3) is 4.48. The molecule has 9 atom stereocenters. The average molecular weight is 491 g/mol. The quantitative estimate of drug-likeness (QED) is 0.400. The minimum Gasteiger partial charge on any atom is -0.479 e. The lowest BCUT2D eigenvalue weighted by Gasteiger charge is -2.60. The van der Waals surface area contributed by atoms with E-state index in [1.807, 2.05) is 31.2 Å². The molecule has 2 bridgehead atoms. The first-order valence-electron chi connectivity index (χ1n) is 13.0. The standard InChI is InChI=1S/C27H38O8/c1-6-29-23(28)18(4)31-20-9-7-8-19(14-20)15-30-24-17(3)22-11-10-16(2)21-12-13-26(5)33-25(32-24)27(21,22)35-34-26/h7-9,14,16-18,21-22,24-25H,6,10-13,15H2,1-5H3/t16-,17-,18?,21?,22?,24-,25-,26+,27-/m1/s1. The third-order valence-electron chi connectivity index (χ3n) is 8.34. The van der Waals surface area contributed by atoms with E-state index < -0.39 is 30.1 Å². The van der Waals surface area contributed by atoms with Gasteiger partial charge in [-0.05, 0) is 69.6 Å². The van der Waals surface area contributed by atoms with Gasteiger partial charge in [-0.2, -0.15) is 0 Å². The predicted molar refractivity (Wildman–Crippen MR) is 125 cm³/mol. The first-order chi connectivity index (χ1) is 16.8. The molecule has 0 aromatic heterocycles. The van der Waals surface area contributed by atoms with Crippen molar-refractivity contribution in [3.8, 4) is 5.75 Å². The van der Waals surface area contributed by atoms with Crippen LogP contribution in [-0.4, -0.2) is 42.6 Å². The molecule has 0 amide bonds. The van der Waals surface area contributed by atoms with Crippen LogP contribution in [0.5, 0.6) is 5.75 Å². The highest BCUT2D eigenvalue weighted by atomic mass is 17.3. The molecule has 35 heavy (non-hydrogen) atoms. The van der Waals surface area contributed by atoms with Crippen LogP contribution in [0, 0.1) is 23.7 Å². The van der Waals surface area contributed by atoms with E-state index in [1.165, 1.54) is 0 Å². The second kappa shape index (κ2) is 9.63. The smallest absolute Gasteiger partial charge is 0.347 e. The van der Waals surface area contributed by atoms with Gasteiger partial charge in [-0.1, -0.05) is 26.0 Å². The lowest BCUT2D eigenvalue weighted by molar-refractivity contribution is -0.577. The summed E-state index contributed by atoms with van der Waals surface area (Å²) in [7, 11) is 0. The van der Waals surface area contributed by atoms with Gasteiger partial charge in [0.25, 0.3) is 0 Å². The summed E-state index contributed by atoms with van der Waals surface area (Å²) in [6.07, 6.45) is 2.33. The maximum absolute atomic E-state index is 11.9. The van der Waals surface area contributed by atoms with Crippen molar-refractivity contribution < 1.29 is 38.3 Å². The summed E-state index contributed by atoms with van der Waals surface area (Å²) in [5.74, 6) is 0.586. The maximum Gasteiger partial charge on any atom is 0.347 e. The highest BCUT2D eigenvalue weighted by Crippen LogP contribution is 2.60. The van der Waals surface area contributed by atoms with Crippen molar-refractivity contribution in [3.63, 3.8) is 0 Å². The van der Waals surface area contributed by atoms with Crippen LogP contribution in [0.3, 0.4) is 0 Å². The summed E-state index contributed by atoms with van der Waals surface area (Å²) in [6.45, 7) is 10.5. The van der Waals surface area contributed by atoms with E-state index in [0.717, 1.165) is 31.2 Å². The molecule has 4 aliphatic heterocycles. The monoisotopic (exact) mass is 490 g/mol. The van der Waals surface area contributed by atoms with Crippen LogP contribution in [0.25, 0.3) is 0 Å². The predicted octanol–water partition coefficient (Wildman–Crippen LogP) is 4.74. The molecule has 1 aromatic carbocycles. The van der Waals surface area contributed by atoms with Crippen LogP contribution in [0.1, 0.15) is 65.9 Å². The number of ether oxygens (including phenoxy) is 5. The van der Waals surface area contributed by atoms with Crippen LogP contribution in [-0.2, 0) is 40.1 Å². The molecule has 3 unspecified atom stereocenters. The Morgan fingerprint density at radius 2 is 2.00 bits per heavy atom. The highest BCUT2D eigenvalue weighted by Gasteiger charge is 2.69. The van der Waals surface area contributed by atoms with E-state index in [-0.39, 0.29) is 17.8 Å². The Balaban J connectivity index is 1.29. The first-order valence-corrected chi connectivity index (χ1v) is 13.0. The van der Waals surface area contributed by atoms with Crippen LogP contribution in [0.4, 0.5) is 0 Å². The molecule has 8 nitrogen and oxygen atoms in total. The van der Waals surface area contributed by atoms with Crippen LogP contribution < -0.4 is 4.74 Å². The summed E-state index contributed by atoms with van der Waals surface area (Å²) in [4.78, 5) is 24.0.